The summed E-state index contributed by atoms with van der Waals surface area (Å²) in [6.45, 7) is 5.28. The quantitative estimate of drug-likeness (QED) is 0.514. The first-order valence-electron chi connectivity index (χ1n) is 6.50. The fraction of sp³-hybridized carbons (Fsp3) is 0.923. The first-order valence-corrected chi connectivity index (χ1v) is 6.50. The minimum Gasteiger partial charge on any atom is -0.353 e. The highest BCUT2D eigenvalue weighted by atomic mass is 16.7. The van der Waals surface area contributed by atoms with E-state index < -0.39 is 0 Å². The first-order chi connectivity index (χ1) is 7.81. The summed E-state index contributed by atoms with van der Waals surface area (Å²) in [7, 11) is 0. The molecule has 2 aliphatic carbocycles. The minimum absolute atomic E-state index is 0.166. The van der Waals surface area contributed by atoms with E-state index in [-0.39, 0.29) is 12.2 Å². The second-order valence-electron chi connectivity index (χ2n) is 4.90. The predicted octanol–water partition coefficient (Wildman–Crippen LogP) is 2.25. The SMILES string of the molecule is CCOC(OCC)C1C2CCC(C2)C1C=O. The van der Waals surface area contributed by atoms with Gasteiger partial charge >= 0.3 is 0 Å². The summed E-state index contributed by atoms with van der Waals surface area (Å²) < 4.78 is 11.3. The van der Waals surface area contributed by atoms with Crippen LogP contribution in [-0.4, -0.2) is 25.8 Å². The highest BCUT2D eigenvalue weighted by molar-refractivity contribution is 5.56. The van der Waals surface area contributed by atoms with Crippen LogP contribution in [0.2, 0.25) is 0 Å². The van der Waals surface area contributed by atoms with Crippen LogP contribution in [-0.2, 0) is 14.3 Å². The van der Waals surface area contributed by atoms with Crippen LogP contribution in [0.5, 0.6) is 0 Å². The van der Waals surface area contributed by atoms with Crippen LogP contribution >= 0.6 is 0 Å². The molecule has 2 saturated carbocycles. The number of fused-ring (bicyclic) bond motifs is 2. The zero-order valence-corrected chi connectivity index (χ0v) is 10.2. The Morgan fingerprint density at radius 2 is 1.81 bits per heavy atom. The van der Waals surface area contributed by atoms with E-state index in [0.717, 1.165) is 6.29 Å². The van der Waals surface area contributed by atoms with E-state index in [1.807, 2.05) is 13.8 Å². The largest absolute Gasteiger partial charge is 0.353 e. The topological polar surface area (TPSA) is 35.5 Å². The summed E-state index contributed by atoms with van der Waals surface area (Å²) in [6.07, 6.45) is 4.64. The molecule has 0 aromatic heterocycles. The van der Waals surface area contributed by atoms with Gasteiger partial charge in [-0.25, -0.2) is 0 Å². The molecule has 4 atom stereocenters. The lowest BCUT2D eigenvalue weighted by atomic mass is 9.79. The van der Waals surface area contributed by atoms with Crippen LogP contribution in [0.3, 0.4) is 0 Å². The summed E-state index contributed by atoms with van der Waals surface area (Å²) in [5.41, 5.74) is 0. The van der Waals surface area contributed by atoms with Gasteiger partial charge < -0.3 is 14.3 Å². The second-order valence-corrected chi connectivity index (χ2v) is 4.90. The Balaban J connectivity index is 2.07. The van der Waals surface area contributed by atoms with E-state index in [9.17, 15) is 4.79 Å². The van der Waals surface area contributed by atoms with Gasteiger partial charge in [-0.2, -0.15) is 0 Å². The molecule has 2 aliphatic rings. The van der Waals surface area contributed by atoms with Gasteiger partial charge in [0.15, 0.2) is 6.29 Å². The Bertz CT molecular complexity index is 235. The Labute approximate surface area is 97.5 Å². The highest BCUT2D eigenvalue weighted by Crippen LogP contribution is 2.53. The van der Waals surface area contributed by atoms with Crippen LogP contribution in [0.1, 0.15) is 33.1 Å². The molecule has 0 radical (unpaired) electrons. The third-order valence-corrected chi connectivity index (χ3v) is 4.18. The lowest BCUT2D eigenvalue weighted by Crippen LogP contribution is -2.37. The van der Waals surface area contributed by atoms with Gasteiger partial charge in [-0.1, -0.05) is 0 Å². The summed E-state index contributed by atoms with van der Waals surface area (Å²) in [4.78, 5) is 11.2. The Hall–Kier alpha value is -0.410. The molecule has 92 valence electrons. The summed E-state index contributed by atoms with van der Waals surface area (Å²) in [5.74, 6) is 1.71. The molecule has 0 spiro atoms. The summed E-state index contributed by atoms with van der Waals surface area (Å²) in [5, 5.41) is 0. The van der Waals surface area contributed by atoms with Gasteiger partial charge in [-0.15, -0.1) is 0 Å². The molecule has 16 heavy (non-hydrogen) atoms. The molecular weight excluding hydrogens is 204 g/mol. The van der Waals surface area contributed by atoms with E-state index in [1.54, 1.807) is 0 Å². The number of ether oxygens (including phenoxy) is 2. The zero-order chi connectivity index (χ0) is 11.5. The molecule has 0 aromatic carbocycles. The van der Waals surface area contributed by atoms with Crippen LogP contribution in [0.15, 0.2) is 0 Å². The van der Waals surface area contributed by atoms with Crippen molar-refractivity contribution in [2.24, 2.45) is 23.7 Å². The van der Waals surface area contributed by atoms with Gasteiger partial charge in [0.1, 0.15) is 6.29 Å². The van der Waals surface area contributed by atoms with Crippen molar-refractivity contribution in [2.45, 2.75) is 39.4 Å². The molecule has 0 amide bonds. The van der Waals surface area contributed by atoms with Crippen molar-refractivity contribution >= 4 is 6.29 Å². The van der Waals surface area contributed by atoms with Gasteiger partial charge in [-0.3, -0.25) is 0 Å². The number of carbonyl (C=O) groups is 1. The fourth-order valence-electron chi connectivity index (χ4n) is 3.58. The summed E-state index contributed by atoms with van der Waals surface area (Å²) in [6, 6.07) is 0. The maximum absolute atomic E-state index is 11.2. The molecule has 0 aliphatic heterocycles. The molecule has 0 aromatic rings. The molecule has 3 heteroatoms. The standard InChI is InChI=1S/C13H22O3/c1-3-15-13(16-4-2)12-10-6-5-9(7-10)11(12)8-14/h8-13H,3-7H2,1-2H3. The molecule has 4 unspecified atom stereocenters. The van der Waals surface area contributed by atoms with Gasteiger partial charge in [0.2, 0.25) is 0 Å². The number of aldehydes is 1. The molecular formula is C13H22O3. The average molecular weight is 226 g/mol. The van der Waals surface area contributed by atoms with Crippen molar-refractivity contribution in [3.63, 3.8) is 0 Å². The lowest BCUT2D eigenvalue weighted by Gasteiger charge is -2.33. The Kier molecular flexibility index (Phi) is 3.98. The van der Waals surface area contributed by atoms with Crippen molar-refractivity contribution in [3.8, 4) is 0 Å². The van der Waals surface area contributed by atoms with Gasteiger partial charge in [0.25, 0.3) is 0 Å². The van der Waals surface area contributed by atoms with Crippen molar-refractivity contribution in [2.75, 3.05) is 13.2 Å². The van der Waals surface area contributed by atoms with Crippen LogP contribution in [0.25, 0.3) is 0 Å². The minimum atomic E-state index is -0.166. The van der Waals surface area contributed by atoms with E-state index in [0.29, 0.717) is 31.0 Å². The van der Waals surface area contributed by atoms with E-state index in [2.05, 4.69) is 0 Å². The van der Waals surface area contributed by atoms with E-state index in [1.165, 1.54) is 19.3 Å². The maximum Gasteiger partial charge on any atom is 0.161 e. The molecule has 2 rings (SSSR count). The molecule has 2 bridgehead atoms. The third kappa shape index (κ3) is 2.03. The first kappa shape index (κ1) is 12.1. The predicted molar refractivity (Wildman–Crippen MR) is 60.9 cm³/mol. The highest BCUT2D eigenvalue weighted by Gasteiger charge is 2.51. The normalized spacial score (nSPS) is 37.2. The maximum atomic E-state index is 11.2. The summed E-state index contributed by atoms with van der Waals surface area (Å²) >= 11 is 0. The Morgan fingerprint density at radius 3 is 2.38 bits per heavy atom. The van der Waals surface area contributed by atoms with Crippen LogP contribution < -0.4 is 0 Å². The van der Waals surface area contributed by atoms with Crippen molar-refractivity contribution in [3.05, 3.63) is 0 Å². The number of hydrogen-bond acceptors (Lipinski definition) is 3. The van der Waals surface area contributed by atoms with Gasteiger partial charge in [0, 0.05) is 25.0 Å². The van der Waals surface area contributed by atoms with Gasteiger partial charge in [0.05, 0.1) is 0 Å². The zero-order valence-electron chi connectivity index (χ0n) is 10.2. The smallest absolute Gasteiger partial charge is 0.161 e. The number of rotatable bonds is 6. The fourth-order valence-corrected chi connectivity index (χ4v) is 3.58. The van der Waals surface area contributed by atoms with Gasteiger partial charge in [-0.05, 0) is 44.9 Å². The number of carbonyl (C=O) groups excluding carboxylic acids is 1. The van der Waals surface area contributed by atoms with Crippen LogP contribution in [0.4, 0.5) is 0 Å². The van der Waals surface area contributed by atoms with Crippen molar-refractivity contribution in [1.82, 2.24) is 0 Å². The molecule has 3 nitrogen and oxygen atoms in total. The average Bonchev–Trinajstić information content (AvgIpc) is 2.88. The van der Waals surface area contributed by atoms with E-state index in [4.69, 9.17) is 9.47 Å². The van der Waals surface area contributed by atoms with Crippen molar-refractivity contribution in [1.29, 1.82) is 0 Å². The molecule has 0 N–H and O–H groups in total. The second kappa shape index (κ2) is 5.28. The molecule has 0 saturated heterocycles. The lowest BCUT2D eigenvalue weighted by molar-refractivity contribution is -0.186. The van der Waals surface area contributed by atoms with Crippen molar-refractivity contribution < 1.29 is 14.3 Å². The molecule has 2 fully saturated rings. The number of hydrogen-bond donors (Lipinski definition) is 0. The monoisotopic (exact) mass is 226 g/mol. The van der Waals surface area contributed by atoms with E-state index >= 15 is 0 Å². The molecule has 0 heterocycles. The Morgan fingerprint density at radius 1 is 1.19 bits per heavy atom. The van der Waals surface area contributed by atoms with Crippen LogP contribution in [0, 0.1) is 23.7 Å². The third-order valence-electron chi connectivity index (χ3n) is 4.18.